The maximum Gasteiger partial charge on any atom is 0.252 e. The maximum absolute atomic E-state index is 2.96. The number of para-hydroxylation sites is 1. The molecule has 2 fully saturated rings. The second-order valence-electron chi connectivity index (χ2n) is 23.0. The first kappa shape index (κ1) is 38.5. The Balaban J connectivity index is 1.30. The molecule has 0 saturated heterocycles. The number of hydrogen-bond acceptors (Lipinski definition) is 3. The van der Waals surface area contributed by atoms with E-state index in [2.05, 4.69) is 183 Å². The van der Waals surface area contributed by atoms with Gasteiger partial charge in [0, 0.05) is 50.6 Å². The summed E-state index contributed by atoms with van der Waals surface area (Å²) < 4.78 is 0. The lowest BCUT2D eigenvalue weighted by Gasteiger charge is -2.54. The minimum absolute atomic E-state index is 0.00377. The Kier molecular flexibility index (Phi) is 7.79. The van der Waals surface area contributed by atoms with Gasteiger partial charge in [0.05, 0.1) is 11.1 Å². The van der Waals surface area contributed by atoms with Crippen molar-refractivity contribution >= 4 is 62.9 Å². The van der Waals surface area contributed by atoms with Crippen molar-refractivity contribution in [2.75, 3.05) is 14.7 Å². The van der Waals surface area contributed by atoms with Gasteiger partial charge in [-0.25, -0.2) is 0 Å². The van der Waals surface area contributed by atoms with Gasteiger partial charge in [-0.2, -0.15) is 0 Å². The van der Waals surface area contributed by atoms with E-state index in [4.69, 9.17) is 0 Å². The summed E-state index contributed by atoms with van der Waals surface area (Å²) in [6, 6.07) is 34.4. The van der Waals surface area contributed by atoms with Gasteiger partial charge in [-0.05, 0) is 145 Å². The number of anilines is 7. The molecule has 0 aromatic heterocycles. The van der Waals surface area contributed by atoms with Gasteiger partial charge < -0.3 is 14.7 Å². The van der Waals surface area contributed by atoms with Gasteiger partial charge in [-0.1, -0.05) is 135 Å². The van der Waals surface area contributed by atoms with Crippen LogP contribution in [-0.4, -0.2) is 17.8 Å². The Morgan fingerprint density at radius 1 is 0.517 bits per heavy atom. The minimum Gasteiger partial charge on any atom is -0.335 e. The Morgan fingerprint density at radius 3 is 1.87 bits per heavy atom. The molecule has 308 valence electrons. The smallest absolute Gasteiger partial charge is 0.252 e. The zero-order chi connectivity index (χ0) is 42.1. The molecule has 0 N–H and O–H groups in total. The maximum atomic E-state index is 2.96. The fraction of sp³-hybridized carbons (Fsp3) is 0.464. The molecular formula is C56H66BN3. The third kappa shape index (κ3) is 4.69. The van der Waals surface area contributed by atoms with Crippen molar-refractivity contribution in [3.63, 3.8) is 0 Å². The summed E-state index contributed by atoms with van der Waals surface area (Å²) in [5, 5.41) is 0. The van der Waals surface area contributed by atoms with Crippen molar-refractivity contribution in [2.24, 2.45) is 0 Å². The normalized spacial score (nSPS) is 27.3. The van der Waals surface area contributed by atoms with Crippen LogP contribution in [0, 0.1) is 13.8 Å². The number of rotatable bonds is 2. The molecule has 3 nitrogen and oxygen atoms in total. The van der Waals surface area contributed by atoms with Crippen LogP contribution in [0.15, 0.2) is 84.9 Å². The summed E-state index contributed by atoms with van der Waals surface area (Å²) in [4.78, 5) is 8.50. The topological polar surface area (TPSA) is 9.72 Å². The van der Waals surface area contributed by atoms with Gasteiger partial charge in [0.1, 0.15) is 0 Å². The highest BCUT2D eigenvalue weighted by Gasteiger charge is 2.63. The molecule has 5 aromatic rings. The first-order valence-electron chi connectivity index (χ1n) is 23.4. The van der Waals surface area contributed by atoms with Crippen molar-refractivity contribution in [3.8, 4) is 0 Å². The predicted octanol–water partition coefficient (Wildman–Crippen LogP) is 13.0. The van der Waals surface area contributed by atoms with Gasteiger partial charge in [0.2, 0.25) is 0 Å². The molecule has 60 heavy (non-hydrogen) atoms. The number of nitrogens with zero attached hydrogens (tertiary/aromatic N) is 3. The van der Waals surface area contributed by atoms with E-state index in [1.165, 1.54) is 130 Å². The molecule has 4 atom stereocenters. The lowest BCUT2D eigenvalue weighted by molar-refractivity contribution is 0.193. The Bertz CT molecular complexity index is 2660. The lowest BCUT2D eigenvalue weighted by Crippen LogP contribution is -2.65. The summed E-state index contributed by atoms with van der Waals surface area (Å²) in [6.07, 6.45) is 9.97. The highest BCUT2D eigenvalue weighted by atomic mass is 15.3. The van der Waals surface area contributed by atoms with Crippen LogP contribution in [0.1, 0.15) is 154 Å². The molecule has 0 radical (unpaired) electrons. The molecule has 2 saturated carbocycles. The molecule has 0 amide bonds. The van der Waals surface area contributed by atoms with Crippen LogP contribution in [0.2, 0.25) is 0 Å². The summed E-state index contributed by atoms with van der Waals surface area (Å²) in [5.41, 5.74) is 23.0. The van der Waals surface area contributed by atoms with E-state index in [0.717, 1.165) is 0 Å². The lowest BCUT2D eigenvalue weighted by atomic mass is 9.32. The number of fused-ring (bicyclic) bond motifs is 10. The second-order valence-corrected chi connectivity index (χ2v) is 23.0. The zero-order valence-corrected chi connectivity index (χ0v) is 38.7. The van der Waals surface area contributed by atoms with Gasteiger partial charge in [-0.3, -0.25) is 0 Å². The predicted molar refractivity (Wildman–Crippen MR) is 258 cm³/mol. The van der Waals surface area contributed by atoms with Crippen LogP contribution < -0.4 is 31.1 Å². The van der Waals surface area contributed by atoms with Gasteiger partial charge >= 0.3 is 0 Å². The van der Waals surface area contributed by atoms with Crippen LogP contribution in [0.3, 0.4) is 0 Å². The van der Waals surface area contributed by atoms with Crippen molar-refractivity contribution in [3.05, 3.63) is 118 Å². The van der Waals surface area contributed by atoms with E-state index >= 15 is 0 Å². The molecule has 6 aliphatic rings. The largest absolute Gasteiger partial charge is 0.335 e. The summed E-state index contributed by atoms with van der Waals surface area (Å²) in [6.45, 7) is 29.6. The minimum atomic E-state index is -0.0442. The molecule has 4 heterocycles. The highest BCUT2D eigenvalue weighted by Crippen LogP contribution is 2.65. The first-order chi connectivity index (χ1) is 28.3. The van der Waals surface area contributed by atoms with Crippen LogP contribution in [0.4, 0.5) is 39.8 Å². The van der Waals surface area contributed by atoms with E-state index < -0.39 is 0 Å². The molecule has 11 rings (SSSR count). The summed E-state index contributed by atoms with van der Waals surface area (Å²) in [7, 11) is 0. The molecule has 4 heteroatoms. The Hall–Kier alpha value is -4.44. The second kappa shape index (κ2) is 12.1. The van der Waals surface area contributed by atoms with Crippen LogP contribution >= 0.6 is 0 Å². The SMILES string of the molecule is Cc1cc(C)c2c3c1B1c4ccc(C(C)(C)C)cc4N(c4cccc(C(C)(C)C)c4)c4cc(N5c6ccccc6C6(C)CCCCC56C)cc(c41)N3C1(C)CCCCC21C. The third-order valence-corrected chi connectivity index (χ3v) is 17.7. The fourth-order valence-corrected chi connectivity index (χ4v) is 14.1. The zero-order valence-electron chi connectivity index (χ0n) is 38.7. The molecule has 5 aromatic carbocycles. The standard InChI is InChI=1S/C56H66BN3/c1-35-30-36(2)48-50-47(35)54(10)27-16-18-29-56(54,12)60(50)46-34-40(59-43-23-14-13-22-41(43)53(9)26-15-17-28-55(53,59)11)33-45-49(46)57(48)42-25-24-38(52(6,7)8)32-44(42)58(45)39-21-19-20-37(31-39)51(3,4)5/h13-14,19-25,30-34H,15-18,26-29H2,1-12H3. The van der Waals surface area contributed by atoms with Crippen LogP contribution in [0.25, 0.3) is 0 Å². The van der Waals surface area contributed by atoms with Crippen LogP contribution in [0.5, 0.6) is 0 Å². The number of benzene rings is 5. The molecule has 4 aliphatic heterocycles. The van der Waals surface area contributed by atoms with Crippen LogP contribution in [-0.2, 0) is 21.7 Å². The Morgan fingerprint density at radius 2 is 1.15 bits per heavy atom. The van der Waals surface area contributed by atoms with Crippen molar-refractivity contribution < 1.29 is 0 Å². The molecule has 0 bridgehead atoms. The van der Waals surface area contributed by atoms with E-state index in [9.17, 15) is 0 Å². The first-order valence-corrected chi connectivity index (χ1v) is 23.4. The van der Waals surface area contributed by atoms with Crippen molar-refractivity contribution in [1.82, 2.24) is 0 Å². The quantitative estimate of drug-likeness (QED) is 0.162. The number of hydrogen-bond donors (Lipinski definition) is 0. The van der Waals surface area contributed by atoms with Crippen molar-refractivity contribution in [1.29, 1.82) is 0 Å². The highest BCUT2D eigenvalue weighted by molar-refractivity contribution is 7.00. The van der Waals surface area contributed by atoms with E-state index in [-0.39, 0.29) is 39.5 Å². The average Bonchev–Trinajstić information content (AvgIpc) is 3.55. The van der Waals surface area contributed by atoms with E-state index in [1.807, 2.05) is 0 Å². The van der Waals surface area contributed by atoms with Gasteiger partial charge in [-0.15, -0.1) is 0 Å². The van der Waals surface area contributed by atoms with Gasteiger partial charge in [0.15, 0.2) is 0 Å². The average molecular weight is 792 g/mol. The molecule has 2 aliphatic carbocycles. The van der Waals surface area contributed by atoms with E-state index in [1.54, 1.807) is 11.0 Å². The van der Waals surface area contributed by atoms with Crippen molar-refractivity contribution in [2.45, 2.75) is 167 Å². The molecule has 4 unspecified atom stereocenters. The summed E-state index contributed by atoms with van der Waals surface area (Å²) >= 11 is 0. The molecular weight excluding hydrogens is 725 g/mol. The third-order valence-electron chi connectivity index (χ3n) is 17.7. The fourth-order valence-electron chi connectivity index (χ4n) is 14.1. The van der Waals surface area contributed by atoms with E-state index in [0.29, 0.717) is 0 Å². The summed E-state index contributed by atoms with van der Waals surface area (Å²) in [5.74, 6) is 0. The number of aryl methyl sites for hydroxylation is 2. The van der Waals surface area contributed by atoms with Gasteiger partial charge in [0.25, 0.3) is 6.71 Å². The Labute approximate surface area is 361 Å². The molecule has 0 spiro atoms. The monoisotopic (exact) mass is 792 g/mol.